The Labute approximate surface area is 223 Å². The molecule has 6 heteroatoms. The minimum absolute atomic E-state index is 0.0789. The fraction of sp³-hybridized carbons (Fsp3) is 0.419. The first-order valence-electron chi connectivity index (χ1n) is 12.9. The van der Waals surface area contributed by atoms with Gasteiger partial charge in [-0.05, 0) is 77.5 Å². The molecule has 2 aliphatic rings. The zero-order chi connectivity index (χ0) is 26.4. The molecule has 1 spiro atoms. The number of carboxylic acids is 1. The first-order valence-corrected chi connectivity index (χ1v) is 13.3. The number of aromatic nitrogens is 1. The molecule has 194 valence electrons. The molecular formula is C31H34ClNO4. The molecule has 2 aliphatic carbocycles. The van der Waals surface area contributed by atoms with E-state index in [0.717, 1.165) is 54.5 Å². The SMILES string of the molecule is COc1cc(-c2ccc(COc3ccc4c(c3)C3(CCC4)CC3C(=O)O)cc2CC(C)(C)C)c(Cl)cn1. The van der Waals surface area contributed by atoms with Crippen molar-refractivity contribution in [3.63, 3.8) is 0 Å². The standard InChI is InChI=1S/C31H34ClNO4/c1-30(2,3)15-21-12-19(7-10-23(21)24-14-28(36-4)33-17-27(24)32)18-37-22-9-8-20-6-5-11-31(25(20)13-22)16-26(31)29(34)35/h7-10,12-14,17,26H,5-6,11,15-16,18H2,1-4H3,(H,34,35). The highest BCUT2D eigenvalue weighted by atomic mass is 35.5. The molecule has 3 aromatic rings. The van der Waals surface area contributed by atoms with Gasteiger partial charge < -0.3 is 14.6 Å². The number of halogens is 1. The molecule has 1 aromatic heterocycles. The molecule has 0 bridgehead atoms. The minimum atomic E-state index is -0.683. The number of carboxylic acid groups (broad SMARTS) is 1. The quantitative estimate of drug-likeness (QED) is 0.356. The minimum Gasteiger partial charge on any atom is -0.489 e. The number of pyridine rings is 1. The number of carbonyl (C=O) groups is 1. The summed E-state index contributed by atoms with van der Waals surface area (Å²) >= 11 is 6.55. The Balaban J connectivity index is 1.41. The van der Waals surface area contributed by atoms with E-state index in [1.165, 1.54) is 16.7 Å². The van der Waals surface area contributed by atoms with E-state index in [9.17, 15) is 9.90 Å². The molecular weight excluding hydrogens is 486 g/mol. The molecule has 0 amide bonds. The number of hydrogen-bond acceptors (Lipinski definition) is 4. The second kappa shape index (κ2) is 9.68. The third-order valence-corrected chi connectivity index (χ3v) is 7.99. The molecule has 1 heterocycles. The van der Waals surface area contributed by atoms with E-state index in [1.807, 2.05) is 12.1 Å². The van der Waals surface area contributed by atoms with Gasteiger partial charge in [0.25, 0.3) is 0 Å². The molecule has 5 nitrogen and oxygen atoms in total. The smallest absolute Gasteiger partial charge is 0.307 e. The van der Waals surface area contributed by atoms with E-state index in [1.54, 1.807) is 13.3 Å². The lowest BCUT2D eigenvalue weighted by atomic mass is 9.78. The lowest BCUT2D eigenvalue weighted by Crippen LogP contribution is -2.21. The summed E-state index contributed by atoms with van der Waals surface area (Å²) < 4.78 is 11.6. The van der Waals surface area contributed by atoms with Gasteiger partial charge in [0.05, 0.1) is 24.2 Å². The van der Waals surface area contributed by atoms with Crippen LogP contribution in [0.25, 0.3) is 11.1 Å². The van der Waals surface area contributed by atoms with Crippen LogP contribution in [0.15, 0.2) is 48.7 Å². The Morgan fingerprint density at radius 2 is 1.97 bits per heavy atom. The third kappa shape index (κ3) is 5.19. The van der Waals surface area contributed by atoms with Crippen LogP contribution in [0, 0.1) is 11.3 Å². The molecule has 0 aliphatic heterocycles. The van der Waals surface area contributed by atoms with Gasteiger partial charge in [-0.25, -0.2) is 4.98 Å². The number of aryl methyl sites for hydroxylation is 1. The molecule has 1 saturated carbocycles. The molecule has 5 rings (SSSR count). The van der Waals surface area contributed by atoms with Crippen molar-refractivity contribution in [1.82, 2.24) is 4.98 Å². The van der Waals surface area contributed by atoms with E-state index < -0.39 is 5.97 Å². The molecule has 37 heavy (non-hydrogen) atoms. The van der Waals surface area contributed by atoms with Gasteiger partial charge in [0.15, 0.2) is 0 Å². The molecule has 2 unspecified atom stereocenters. The molecule has 0 radical (unpaired) electrons. The van der Waals surface area contributed by atoms with Crippen molar-refractivity contribution in [2.24, 2.45) is 11.3 Å². The van der Waals surface area contributed by atoms with Crippen molar-refractivity contribution in [2.75, 3.05) is 7.11 Å². The van der Waals surface area contributed by atoms with Gasteiger partial charge in [-0.1, -0.05) is 56.6 Å². The van der Waals surface area contributed by atoms with Gasteiger partial charge in [-0.15, -0.1) is 0 Å². The Bertz CT molecular complexity index is 1350. The van der Waals surface area contributed by atoms with Crippen molar-refractivity contribution < 1.29 is 19.4 Å². The summed E-state index contributed by atoms with van der Waals surface area (Å²) in [6, 6.07) is 14.5. The second-order valence-electron chi connectivity index (χ2n) is 11.6. The Hall–Kier alpha value is -3.05. The monoisotopic (exact) mass is 519 g/mol. The van der Waals surface area contributed by atoms with Crippen LogP contribution >= 0.6 is 11.6 Å². The van der Waals surface area contributed by atoms with E-state index in [4.69, 9.17) is 21.1 Å². The van der Waals surface area contributed by atoms with Crippen LogP contribution in [0.3, 0.4) is 0 Å². The highest BCUT2D eigenvalue weighted by Crippen LogP contribution is 2.60. The van der Waals surface area contributed by atoms with Gasteiger partial charge in [0, 0.05) is 17.0 Å². The summed E-state index contributed by atoms with van der Waals surface area (Å²) in [6.45, 7) is 7.10. The van der Waals surface area contributed by atoms with Crippen molar-refractivity contribution in [2.45, 2.75) is 64.9 Å². The second-order valence-corrected chi connectivity index (χ2v) is 12.1. The maximum atomic E-state index is 11.7. The number of nitrogens with zero attached hydrogens (tertiary/aromatic N) is 1. The topological polar surface area (TPSA) is 68.7 Å². The maximum absolute atomic E-state index is 11.7. The third-order valence-electron chi connectivity index (χ3n) is 7.69. The van der Waals surface area contributed by atoms with Crippen LogP contribution in [-0.2, 0) is 29.7 Å². The molecule has 1 N–H and O–H groups in total. The number of ether oxygens (including phenoxy) is 2. The summed E-state index contributed by atoms with van der Waals surface area (Å²) in [5.74, 6) is 0.365. The van der Waals surface area contributed by atoms with E-state index in [2.05, 4.69) is 56.1 Å². The summed E-state index contributed by atoms with van der Waals surface area (Å²) in [5.41, 5.74) is 6.54. The predicted molar refractivity (Wildman–Crippen MR) is 146 cm³/mol. The van der Waals surface area contributed by atoms with Crippen LogP contribution in [0.1, 0.15) is 62.3 Å². The largest absolute Gasteiger partial charge is 0.489 e. The summed E-state index contributed by atoms with van der Waals surface area (Å²) in [4.78, 5) is 15.9. The molecule has 0 saturated heterocycles. The summed E-state index contributed by atoms with van der Waals surface area (Å²) in [7, 11) is 1.60. The normalized spacial score (nSPS) is 20.4. The van der Waals surface area contributed by atoms with Crippen LogP contribution in [0.4, 0.5) is 0 Å². The Morgan fingerprint density at radius 1 is 1.16 bits per heavy atom. The fourth-order valence-corrected chi connectivity index (χ4v) is 6.09. The Kier molecular flexibility index (Phi) is 6.70. The van der Waals surface area contributed by atoms with Gasteiger partial charge in [0.1, 0.15) is 12.4 Å². The van der Waals surface area contributed by atoms with Crippen LogP contribution in [0.5, 0.6) is 11.6 Å². The number of benzene rings is 2. The van der Waals surface area contributed by atoms with Crippen molar-refractivity contribution in [3.05, 3.63) is 75.9 Å². The van der Waals surface area contributed by atoms with Crippen LogP contribution < -0.4 is 9.47 Å². The first-order chi connectivity index (χ1) is 17.6. The van der Waals surface area contributed by atoms with Gasteiger partial charge in [-0.3, -0.25) is 4.79 Å². The highest BCUT2D eigenvalue weighted by Gasteiger charge is 2.60. The lowest BCUT2D eigenvalue weighted by Gasteiger charge is -2.26. The van der Waals surface area contributed by atoms with Gasteiger partial charge in [0.2, 0.25) is 5.88 Å². The van der Waals surface area contributed by atoms with Gasteiger partial charge in [-0.2, -0.15) is 0 Å². The number of aliphatic carboxylic acids is 1. The average molecular weight is 520 g/mol. The van der Waals surface area contributed by atoms with Crippen LogP contribution in [-0.4, -0.2) is 23.2 Å². The van der Waals surface area contributed by atoms with Crippen molar-refractivity contribution >= 4 is 17.6 Å². The number of hydrogen-bond donors (Lipinski definition) is 1. The maximum Gasteiger partial charge on any atom is 0.307 e. The van der Waals surface area contributed by atoms with E-state index in [-0.39, 0.29) is 16.7 Å². The van der Waals surface area contributed by atoms with Gasteiger partial charge >= 0.3 is 5.97 Å². The fourth-order valence-electron chi connectivity index (χ4n) is 5.88. The van der Waals surface area contributed by atoms with E-state index >= 15 is 0 Å². The first kappa shape index (κ1) is 25.6. The molecule has 1 fully saturated rings. The average Bonchev–Trinajstić information content (AvgIpc) is 3.58. The number of rotatable bonds is 7. The summed E-state index contributed by atoms with van der Waals surface area (Å²) in [5, 5.41) is 10.2. The van der Waals surface area contributed by atoms with Crippen LogP contribution in [0.2, 0.25) is 5.02 Å². The van der Waals surface area contributed by atoms with Crippen molar-refractivity contribution in [3.8, 4) is 22.8 Å². The molecule has 2 atom stereocenters. The van der Waals surface area contributed by atoms with E-state index in [0.29, 0.717) is 17.5 Å². The number of fused-ring (bicyclic) bond motifs is 2. The zero-order valence-corrected chi connectivity index (χ0v) is 22.7. The zero-order valence-electron chi connectivity index (χ0n) is 21.9. The van der Waals surface area contributed by atoms with Crippen molar-refractivity contribution in [1.29, 1.82) is 0 Å². The summed E-state index contributed by atoms with van der Waals surface area (Å²) in [6.07, 6.45) is 6.23. The molecule has 2 aromatic carbocycles. The lowest BCUT2D eigenvalue weighted by molar-refractivity contribution is -0.139. The predicted octanol–water partition coefficient (Wildman–Crippen LogP) is 7.26. The number of methoxy groups -OCH3 is 1. The Morgan fingerprint density at radius 3 is 2.68 bits per heavy atom. The highest BCUT2D eigenvalue weighted by molar-refractivity contribution is 6.33.